The van der Waals surface area contributed by atoms with Crippen LogP contribution in [0.2, 0.25) is 0 Å². The van der Waals surface area contributed by atoms with Crippen LogP contribution in [0.5, 0.6) is 0 Å². The number of carbonyl (C=O) groups excluding carboxylic acids is 7. The molecule has 1 saturated carbocycles. The summed E-state index contributed by atoms with van der Waals surface area (Å²) in [5.41, 5.74) is 5.63. The summed E-state index contributed by atoms with van der Waals surface area (Å²) in [6.45, 7) is 8.92. The van der Waals surface area contributed by atoms with Crippen LogP contribution in [0.4, 0.5) is 0 Å². The van der Waals surface area contributed by atoms with Crippen molar-refractivity contribution in [2.24, 2.45) is 11.7 Å². The number of unbranched alkanes of at least 4 members (excludes halogenated alkanes) is 1. The van der Waals surface area contributed by atoms with Gasteiger partial charge in [0.1, 0.15) is 18.1 Å². The zero-order chi connectivity index (χ0) is 41.7. The van der Waals surface area contributed by atoms with Gasteiger partial charge in [-0.1, -0.05) is 94.8 Å². The van der Waals surface area contributed by atoms with Crippen molar-refractivity contribution in [2.75, 3.05) is 13.1 Å². The predicted molar refractivity (Wildman–Crippen MR) is 216 cm³/mol. The first kappa shape index (κ1) is 44.9. The Bertz CT molecular complexity index is 1750. The summed E-state index contributed by atoms with van der Waals surface area (Å²) in [5, 5.41) is 12.6. The molecule has 57 heavy (non-hydrogen) atoms. The van der Waals surface area contributed by atoms with E-state index in [1.807, 2.05) is 70.2 Å². The third-order valence-corrected chi connectivity index (χ3v) is 10.6. The molecule has 14 nitrogen and oxygen atoms in total. The zero-order valence-corrected chi connectivity index (χ0v) is 34.2. The number of rotatable bonds is 19. The molecule has 1 aliphatic carbocycles. The van der Waals surface area contributed by atoms with Crippen LogP contribution in [0.3, 0.4) is 0 Å². The highest BCUT2D eigenvalue weighted by Gasteiger charge is 2.46. The van der Waals surface area contributed by atoms with E-state index in [9.17, 15) is 33.6 Å². The van der Waals surface area contributed by atoms with Gasteiger partial charge in [0.05, 0.1) is 30.7 Å². The Morgan fingerprint density at radius 3 is 2.19 bits per heavy atom. The van der Waals surface area contributed by atoms with Gasteiger partial charge in [-0.3, -0.25) is 33.6 Å². The lowest BCUT2D eigenvalue weighted by atomic mass is 9.83. The maximum absolute atomic E-state index is 14.7. The Morgan fingerprint density at radius 2 is 1.54 bits per heavy atom. The molecule has 2 aliphatic rings. The predicted octanol–water partition coefficient (Wildman–Crippen LogP) is 3.36. The Kier molecular flexibility index (Phi) is 16.6. The molecular formula is C43H62N6O8. The van der Waals surface area contributed by atoms with Gasteiger partial charge in [0, 0.05) is 13.0 Å². The second kappa shape index (κ2) is 21.1. The normalized spacial score (nSPS) is 18.9. The number of hydrogen-bond acceptors (Lipinski definition) is 8. The average Bonchev–Trinajstić information content (AvgIpc) is 3.59. The average molecular weight is 791 g/mol. The fourth-order valence-electron chi connectivity index (χ4n) is 7.83. The first-order valence-electron chi connectivity index (χ1n) is 20.6. The van der Waals surface area contributed by atoms with Gasteiger partial charge < -0.3 is 36.6 Å². The number of ether oxygens (including phenoxy) is 1. The Hall–Kier alpha value is -4.85. The maximum Gasteiger partial charge on any atom is 0.290 e. The molecule has 2 aromatic carbocycles. The molecular weight excluding hydrogens is 729 g/mol. The number of benzene rings is 2. The molecule has 2 fully saturated rings. The number of nitrogens with one attached hydrogen (secondary N) is 4. The minimum Gasteiger partial charge on any atom is -0.371 e. The molecule has 1 heterocycles. The number of likely N-dealkylation sites (tertiary alicyclic amines) is 1. The van der Waals surface area contributed by atoms with Gasteiger partial charge in [-0.2, -0.15) is 0 Å². The van der Waals surface area contributed by atoms with E-state index >= 15 is 0 Å². The van der Waals surface area contributed by atoms with E-state index in [2.05, 4.69) is 21.3 Å². The smallest absolute Gasteiger partial charge is 0.290 e. The quantitative estimate of drug-likeness (QED) is 0.133. The van der Waals surface area contributed by atoms with Gasteiger partial charge in [0.2, 0.25) is 35.3 Å². The number of fused-ring (bicyclic) bond motifs is 1. The highest BCUT2D eigenvalue weighted by molar-refractivity contribution is 6.38. The molecule has 5 atom stereocenters. The summed E-state index contributed by atoms with van der Waals surface area (Å²) in [4.78, 5) is 94.6. The molecule has 0 spiro atoms. The van der Waals surface area contributed by atoms with Gasteiger partial charge in [-0.05, 0) is 68.7 Å². The van der Waals surface area contributed by atoms with Crippen LogP contribution >= 0.6 is 0 Å². The van der Waals surface area contributed by atoms with Crippen molar-refractivity contribution < 1.29 is 38.3 Å². The summed E-state index contributed by atoms with van der Waals surface area (Å²) in [6, 6.07) is 9.69. The third kappa shape index (κ3) is 13.4. The van der Waals surface area contributed by atoms with Crippen LogP contribution in [0, 0.1) is 5.92 Å². The SMILES string of the molecule is CCCCC(NC(=O)CNC(=O)C(=O)C(CCC)NC(=O)[C@@H]1C[C@@H](OC(C)(C)C)CN1C(=O)C(NC(=O)Cc1ccc2ccccc2c1)C1CCCCC1)C(N)=O. The molecule has 6 N–H and O–H groups in total. The van der Waals surface area contributed by atoms with Gasteiger partial charge in [-0.25, -0.2) is 0 Å². The third-order valence-electron chi connectivity index (χ3n) is 10.6. The number of nitrogens with zero attached hydrogens (tertiary/aromatic N) is 1. The molecule has 4 rings (SSSR count). The van der Waals surface area contributed by atoms with E-state index in [4.69, 9.17) is 10.5 Å². The van der Waals surface area contributed by atoms with Crippen LogP contribution in [0.1, 0.15) is 111 Å². The number of carbonyl (C=O) groups is 7. The summed E-state index contributed by atoms with van der Waals surface area (Å²) in [5.74, 6) is -4.84. The summed E-state index contributed by atoms with van der Waals surface area (Å²) >= 11 is 0. The lowest BCUT2D eigenvalue weighted by Crippen LogP contribution is -2.58. The summed E-state index contributed by atoms with van der Waals surface area (Å²) in [7, 11) is 0. The van der Waals surface area contributed by atoms with Crippen molar-refractivity contribution in [3.63, 3.8) is 0 Å². The van der Waals surface area contributed by atoms with Gasteiger partial charge in [-0.15, -0.1) is 0 Å². The van der Waals surface area contributed by atoms with Crippen molar-refractivity contribution in [1.29, 1.82) is 0 Å². The Balaban J connectivity index is 1.50. The van der Waals surface area contributed by atoms with Gasteiger partial charge in [0.15, 0.2) is 0 Å². The first-order chi connectivity index (χ1) is 27.1. The number of ketones is 1. The Morgan fingerprint density at radius 1 is 0.842 bits per heavy atom. The Labute approximate surface area is 336 Å². The molecule has 14 heteroatoms. The molecule has 0 aromatic heterocycles. The van der Waals surface area contributed by atoms with Crippen LogP contribution in [-0.2, 0) is 44.7 Å². The number of hydrogen-bond donors (Lipinski definition) is 5. The highest BCUT2D eigenvalue weighted by Crippen LogP contribution is 2.31. The van der Waals surface area contributed by atoms with E-state index in [-0.39, 0.29) is 43.5 Å². The van der Waals surface area contributed by atoms with E-state index in [1.165, 1.54) is 4.90 Å². The minimum absolute atomic E-state index is 0.0795. The summed E-state index contributed by atoms with van der Waals surface area (Å²) in [6.07, 6.45) is 6.47. The number of Topliss-reactive ketones (excluding diaryl/α,β-unsaturated/α-hetero) is 1. The van der Waals surface area contributed by atoms with Crippen molar-refractivity contribution in [2.45, 2.75) is 148 Å². The molecule has 2 aromatic rings. The lowest BCUT2D eigenvalue weighted by molar-refractivity contribution is -0.144. The van der Waals surface area contributed by atoms with Crippen molar-refractivity contribution in [3.05, 3.63) is 48.0 Å². The van der Waals surface area contributed by atoms with Gasteiger partial charge in [0.25, 0.3) is 5.91 Å². The number of nitrogens with two attached hydrogens (primary N) is 1. The highest BCUT2D eigenvalue weighted by atomic mass is 16.5. The molecule has 1 saturated heterocycles. The first-order valence-corrected chi connectivity index (χ1v) is 20.6. The summed E-state index contributed by atoms with van der Waals surface area (Å²) < 4.78 is 6.28. The van der Waals surface area contributed by atoms with E-state index in [1.54, 1.807) is 6.92 Å². The minimum atomic E-state index is -1.23. The molecule has 1 aliphatic heterocycles. The molecule has 3 unspecified atom stereocenters. The van der Waals surface area contributed by atoms with Crippen LogP contribution < -0.4 is 27.0 Å². The van der Waals surface area contributed by atoms with E-state index in [0.717, 1.165) is 54.9 Å². The van der Waals surface area contributed by atoms with Crippen LogP contribution in [0.25, 0.3) is 10.8 Å². The van der Waals surface area contributed by atoms with Crippen molar-refractivity contribution in [3.8, 4) is 0 Å². The standard InChI is InChI=1S/C43H62N6O8/c1-6-8-19-33(39(44)53)46-36(51)25-45-41(55)38(52)32(14-7-2)47-40(54)34-24-31(57-43(3,4)5)26-49(34)42(56)37(29-16-10-9-11-17-29)48-35(50)23-27-20-21-28-15-12-13-18-30(28)22-27/h12-13,15,18,20-22,29,31-34,37H,6-11,14,16-17,19,23-26H2,1-5H3,(H2,44,53)(H,45,55)(H,46,51)(H,47,54)(H,48,50)/t31-,32?,33?,34+,37?/m1/s1. The monoisotopic (exact) mass is 790 g/mol. The second-order valence-electron chi connectivity index (χ2n) is 16.5. The molecule has 6 amide bonds. The topological polar surface area (TPSA) is 206 Å². The maximum atomic E-state index is 14.7. The van der Waals surface area contributed by atoms with Crippen LogP contribution in [0.15, 0.2) is 42.5 Å². The number of amides is 6. The van der Waals surface area contributed by atoms with Crippen LogP contribution in [-0.4, -0.2) is 95.1 Å². The van der Waals surface area contributed by atoms with Gasteiger partial charge >= 0.3 is 0 Å². The van der Waals surface area contributed by atoms with Crippen molar-refractivity contribution in [1.82, 2.24) is 26.2 Å². The lowest BCUT2D eigenvalue weighted by Gasteiger charge is -2.35. The van der Waals surface area contributed by atoms with E-state index < -0.39 is 71.8 Å². The number of primary amides is 1. The largest absolute Gasteiger partial charge is 0.371 e. The second-order valence-corrected chi connectivity index (χ2v) is 16.5. The van der Waals surface area contributed by atoms with Crippen molar-refractivity contribution >= 4 is 52.0 Å². The molecule has 0 radical (unpaired) electrons. The molecule has 312 valence electrons. The molecule has 0 bridgehead atoms. The zero-order valence-electron chi connectivity index (χ0n) is 34.2. The van der Waals surface area contributed by atoms with E-state index in [0.29, 0.717) is 19.3 Å². The fraction of sp³-hybridized carbons (Fsp3) is 0.605. The fourth-order valence-corrected chi connectivity index (χ4v) is 7.83.